The Hall–Kier alpha value is -2.67. The quantitative estimate of drug-likeness (QED) is 0.594. The van der Waals surface area contributed by atoms with Crippen molar-refractivity contribution in [3.05, 3.63) is 48.5 Å². The minimum absolute atomic E-state index is 0.109. The summed E-state index contributed by atoms with van der Waals surface area (Å²) >= 11 is 0. The standard InChI is InChI=1S/C14H10N4O2S/c19-21(20,13-15-9-5-1-2-6-10(9)16-13)14-17-11-7-3-4-8-12(11)18-14/h1-8H,(H,15,16)(H,17,18). The first-order valence-corrected chi connectivity index (χ1v) is 7.77. The third kappa shape index (κ3) is 1.82. The smallest absolute Gasteiger partial charge is 0.273 e. The van der Waals surface area contributed by atoms with Crippen molar-refractivity contribution in [3.8, 4) is 0 Å². The second-order valence-electron chi connectivity index (χ2n) is 4.62. The van der Waals surface area contributed by atoms with E-state index in [-0.39, 0.29) is 10.3 Å². The minimum Gasteiger partial charge on any atom is -0.328 e. The van der Waals surface area contributed by atoms with Crippen LogP contribution in [-0.2, 0) is 9.84 Å². The van der Waals surface area contributed by atoms with Gasteiger partial charge in [0.25, 0.3) is 9.84 Å². The summed E-state index contributed by atoms with van der Waals surface area (Å²) in [5.74, 6) is 0. The highest BCUT2D eigenvalue weighted by Gasteiger charge is 2.25. The van der Waals surface area contributed by atoms with Gasteiger partial charge in [0, 0.05) is 0 Å². The highest BCUT2D eigenvalue weighted by atomic mass is 32.2. The Kier molecular flexibility index (Phi) is 2.40. The molecule has 0 aliphatic heterocycles. The van der Waals surface area contributed by atoms with Crippen LogP contribution in [-0.4, -0.2) is 28.4 Å². The number of fused-ring (bicyclic) bond motifs is 2. The lowest BCUT2D eigenvalue weighted by Crippen LogP contribution is -2.06. The van der Waals surface area contributed by atoms with E-state index in [4.69, 9.17) is 0 Å². The van der Waals surface area contributed by atoms with Crippen LogP contribution in [0.1, 0.15) is 0 Å². The number of hydrogen-bond donors (Lipinski definition) is 2. The molecule has 0 aliphatic rings. The maximum Gasteiger partial charge on any atom is 0.273 e. The van der Waals surface area contributed by atoms with Crippen LogP contribution in [0.15, 0.2) is 58.8 Å². The average Bonchev–Trinajstić information content (AvgIpc) is 3.11. The Balaban J connectivity index is 1.92. The molecule has 0 amide bonds. The normalized spacial score (nSPS) is 12.2. The van der Waals surface area contributed by atoms with Gasteiger partial charge in [-0.1, -0.05) is 24.3 Å². The van der Waals surface area contributed by atoms with E-state index in [1.807, 2.05) is 12.1 Å². The SMILES string of the molecule is O=S(=O)(c1nc2ccccc2[nH]1)c1nc2ccccc2[nH]1. The number of nitrogens with one attached hydrogen (secondary N) is 2. The molecule has 4 rings (SSSR count). The van der Waals surface area contributed by atoms with Gasteiger partial charge in [-0.2, -0.15) is 0 Å². The Morgan fingerprint density at radius 2 is 1.14 bits per heavy atom. The van der Waals surface area contributed by atoms with Gasteiger partial charge >= 0.3 is 0 Å². The molecule has 21 heavy (non-hydrogen) atoms. The molecule has 0 saturated carbocycles. The molecular formula is C14H10N4O2S. The fourth-order valence-electron chi connectivity index (χ4n) is 2.20. The van der Waals surface area contributed by atoms with E-state index in [9.17, 15) is 8.42 Å². The molecule has 0 atom stereocenters. The Morgan fingerprint density at radius 1 is 0.714 bits per heavy atom. The van der Waals surface area contributed by atoms with Crippen molar-refractivity contribution in [1.82, 2.24) is 19.9 Å². The summed E-state index contributed by atoms with van der Waals surface area (Å²) < 4.78 is 25.2. The van der Waals surface area contributed by atoms with Crippen molar-refractivity contribution < 1.29 is 8.42 Å². The predicted octanol–water partition coefficient (Wildman–Crippen LogP) is 2.27. The molecule has 7 heteroatoms. The summed E-state index contributed by atoms with van der Waals surface area (Å²) in [6.45, 7) is 0. The van der Waals surface area contributed by atoms with Gasteiger partial charge in [0.1, 0.15) is 0 Å². The average molecular weight is 298 g/mol. The number of sulfone groups is 1. The molecule has 0 fully saturated rings. The van der Waals surface area contributed by atoms with E-state index < -0.39 is 9.84 Å². The second kappa shape index (κ2) is 4.16. The van der Waals surface area contributed by atoms with Crippen molar-refractivity contribution in [2.24, 2.45) is 0 Å². The summed E-state index contributed by atoms with van der Waals surface area (Å²) in [5, 5.41) is -0.217. The first kappa shape index (κ1) is 12.1. The highest BCUT2D eigenvalue weighted by Crippen LogP contribution is 2.21. The Labute approximate surface area is 119 Å². The van der Waals surface area contributed by atoms with Crippen molar-refractivity contribution >= 4 is 31.9 Å². The van der Waals surface area contributed by atoms with Crippen molar-refractivity contribution in [2.45, 2.75) is 10.3 Å². The molecule has 2 aromatic heterocycles. The number of rotatable bonds is 2. The third-order valence-corrected chi connectivity index (χ3v) is 4.65. The molecule has 2 N–H and O–H groups in total. The van der Waals surface area contributed by atoms with E-state index in [1.165, 1.54) is 0 Å². The number of aromatic nitrogens is 4. The van der Waals surface area contributed by atoms with Crippen LogP contribution >= 0.6 is 0 Å². The van der Waals surface area contributed by atoms with Gasteiger partial charge in [-0.25, -0.2) is 18.4 Å². The Morgan fingerprint density at radius 3 is 1.57 bits per heavy atom. The summed E-state index contributed by atoms with van der Waals surface area (Å²) in [6.07, 6.45) is 0. The second-order valence-corrected chi connectivity index (χ2v) is 6.40. The fourth-order valence-corrected chi connectivity index (χ4v) is 3.31. The lowest BCUT2D eigenvalue weighted by Gasteiger charge is -1.94. The van der Waals surface area contributed by atoms with Crippen molar-refractivity contribution in [1.29, 1.82) is 0 Å². The van der Waals surface area contributed by atoms with Crippen LogP contribution in [0.5, 0.6) is 0 Å². The summed E-state index contributed by atoms with van der Waals surface area (Å²) in [4.78, 5) is 13.9. The molecule has 0 spiro atoms. The first-order chi connectivity index (χ1) is 10.1. The zero-order valence-electron chi connectivity index (χ0n) is 10.7. The summed E-state index contributed by atoms with van der Waals surface area (Å²) in [6, 6.07) is 14.3. The molecule has 0 unspecified atom stereocenters. The molecule has 0 radical (unpaired) electrons. The van der Waals surface area contributed by atoms with E-state index >= 15 is 0 Å². The van der Waals surface area contributed by atoms with Crippen LogP contribution in [0.25, 0.3) is 22.1 Å². The molecular weight excluding hydrogens is 288 g/mol. The topological polar surface area (TPSA) is 91.5 Å². The van der Waals surface area contributed by atoms with Gasteiger partial charge in [-0.15, -0.1) is 0 Å². The van der Waals surface area contributed by atoms with E-state index in [0.29, 0.717) is 22.1 Å². The zero-order valence-corrected chi connectivity index (χ0v) is 11.6. The maximum atomic E-state index is 12.6. The largest absolute Gasteiger partial charge is 0.328 e. The molecule has 4 aromatic rings. The first-order valence-electron chi connectivity index (χ1n) is 6.29. The molecule has 0 saturated heterocycles. The molecule has 6 nitrogen and oxygen atoms in total. The number of hydrogen-bond acceptors (Lipinski definition) is 4. The van der Waals surface area contributed by atoms with Crippen LogP contribution in [0.3, 0.4) is 0 Å². The minimum atomic E-state index is -3.80. The van der Waals surface area contributed by atoms with Gasteiger partial charge in [0.15, 0.2) is 0 Å². The monoisotopic (exact) mass is 298 g/mol. The molecule has 0 bridgehead atoms. The van der Waals surface area contributed by atoms with Crippen molar-refractivity contribution in [2.75, 3.05) is 0 Å². The Bertz CT molecular complexity index is 917. The number of benzene rings is 2. The van der Waals surface area contributed by atoms with Gasteiger partial charge in [0.2, 0.25) is 10.3 Å². The molecule has 0 aliphatic carbocycles. The molecule has 2 heterocycles. The van der Waals surface area contributed by atoms with Gasteiger partial charge in [0.05, 0.1) is 22.1 Å². The highest BCUT2D eigenvalue weighted by molar-refractivity contribution is 7.91. The number of aromatic amines is 2. The number of imidazole rings is 2. The van der Waals surface area contributed by atoms with Gasteiger partial charge in [-0.05, 0) is 24.3 Å². The third-order valence-electron chi connectivity index (χ3n) is 3.24. The maximum absolute atomic E-state index is 12.6. The lowest BCUT2D eigenvalue weighted by atomic mass is 10.3. The molecule has 2 aromatic carbocycles. The van der Waals surface area contributed by atoms with Crippen LogP contribution in [0.2, 0.25) is 0 Å². The van der Waals surface area contributed by atoms with E-state index in [2.05, 4.69) is 19.9 Å². The van der Waals surface area contributed by atoms with Gasteiger partial charge < -0.3 is 9.97 Å². The fraction of sp³-hybridized carbons (Fsp3) is 0. The molecule has 104 valence electrons. The summed E-state index contributed by atoms with van der Waals surface area (Å²) in [7, 11) is -3.80. The van der Waals surface area contributed by atoms with Crippen molar-refractivity contribution in [3.63, 3.8) is 0 Å². The van der Waals surface area contributed by atoms with Crippen LogP contribution < -0.4 is 0 Å². The van der Waals surface area contributed by atoms with Crippen LogP contribution in [0, 0.1) is 0 Å². The zero-order chi connectivity index (χ0) is 14.4. The van der Waals surface area contributed by atoms with Crippen LogP contribution in [0.4, 0.5) is 0 Å². The lowest BCUT2D eigenvalue weighted by molar-refractivity contribution is 0.582. The summed E-state index contributed by atoms with van der Waals surface area (Å²) in [5.41, 5.74) is 2.55. The van der Waals surface area contributed by atoms with E-state index in [1.54, 1.807) is 36.4 Å². The number of para-hydroxylation sites is 4. The van der Waals surface area contributed by atoms with Gasteiger partial charge in [-0.3, -0.25) is 0 Å². The predicted molar refractivity (Wildman–Crippen MR) is 77.6 cm³/mol. The van der Waals surface area contributed by atoms with E-state index in [0.717, 1.165) is 0 Å². The number of nitrogens with zero attached hydrogens (tertiary/aromatic N) is 2. The number of H-pyrrole nitrogens is 2.